The molecule has 1 aromatic carbocycles. The second kappa shape index (κ2) is 3.97. The Hall–Kier alpha value is -1.47. The molecule has 0 saturated heterocycles. The van der Waals surface area contributed by atoms with Gasteiger partial charge in [-0.3, -0.25) is 0 Å². The van der Waals surface area contributed by atoms with Crippen LogP contribution in [0.25, 0.3) is 0 Å². The van der Waals surface area contributed by atoms with Crippen molar-refractivity contribution in [2.24, 2.45) is 0 Å². The fraction of sp³-hybridized carbons (Fsp3) is 0.222. The van der Waals surface area contributed by atoms with Gasteiger partial charge in [0.2, 0.25) is 0 Å². The van der Waals surface area contributed by atoms with E-state index < -0.39 is 6.92 Å². The Balaban J connectivity index is 3.15. The van der Waals surface area contributed by atoms with Crippen LogP contribution in [-0.2, 0) is 0 Å². The summed E-state index contributed by atoms with van der Waals surface area (Å²) in [6.45, 7) is 1.10. The minimum Gasteiger partial charge on any atom is -0.495 e. The second-order valence-electron chi connectivity index (χ2n) is 2.75. The summed E-state index contributed by atoms with van der Waals surface area (Å²) in [4.78, 5) is 0. The molecule has 1 aromatic rings. The van der Waals surface area contributed by atoms with E-state index in [0.29, 0.717) is 11.3 Å². The van der Waals surface area contributed by atoms with Crippen LogP contribution < -0.4 is 10.2 Å². The molecule has 66 valence electrons. The molecule has 0 saturated carbocycles. The highest BCUT2D eigenvalue weighted by Crippen LogP contribution is 2.14. The lowest BCUT2D eigenvalue weighted by Gasteiger charge is -2.05. The Morgan fingerprint density at radius 3 is 2.69 bits per heavy atom. The monoisotopic (exact) mass is 175 g/mol. The Bertz CT molecular complexity index is 344. The highest BCUT2D eigenvalue weighted by atomic mass is 16.5. The first-order valence-electron chi connectivity index (χ1n) is 3.95. The lowest BCUT2D eigenvalue weighted by Crippen LogP contribution is -2.26. The third-order valence-corrected chi connectivity index (χ3v) is 1.83. The number of methoxy groups -OCH3 is 1. The quantitative estimate of drug-likeness (QED) is 0.661. The predicted octanol–water partition coefficient (Wildman–Crippen LogP) is 0.387. The van der Waals surface area contributed by atoms with Gasteiger partial charge in [-0.15, -0.1) is 0 Å². The zero-order chi connectivity index (χ0) is 9.84. The molecule has 0 unspecified atom stereocenters. The molecule has 4 heteroatoms. The topological polar surface area (TPSA) is 53.2 Å². The van der Waals surface area contributed by atoms with Crippen molar-refractivity contribution in [1.29, 1.82) is 5.26 Å². The van der Waals surface area contributed by atoms with Gasteiger partial charge in [0.15, 0.2) is 0 Å². The van der Waals surface area contributed by atoms with Crippen molar-refractivity contribution in [3.8, 4) is 11.8 Å². The predicted molar refractivity (Wildman–Crippen MR) is 51.2 cm³/mol. The fourth-order valence-corrected chi connectivity index (χ4v) is 1.07. The average molecular weight is 175 g/mol. The highest BCUT2D eigenvalue weighted by Gasteiger charge is 2.09. The van der Waals surface area contributed by atoms with E-state index in [1.54, 1.807) is 25.0 Å². The molecule has 0 aromatic heterocycles. The Morgan fingerprint density at radius 1 is 1.54 bits per heavy atom. The molecule has 0 bridgehead atoms. The molecule has 13 heavy (non-hydrogen) atoms. The lowest BCUT2D eigenvalue weighted by atomic mass is 9.64. The first-order valence-corrected chi connectivity index (χ1v) is 3.95. The summed E-state index contributed by atoms with van der Waals surface area (Å²) < 4.78 is 4.97. The number of benzene rings is 1. The molecule has 0 spiro atoms. The van der Waals surface area contributed by atoms with Crippen LogP contribution in [0.2, 0.25) is 6.82 Å². The number of nitrogens with zero attached hydrogens (tertiary/aromatic N) is 1. The van der Waals surface area contributed by atoms with E-state index >= 15 is 0 Å². The zero-order valence-corrected chi connectivity index (χ0v) is 7.61. The first-order chi connectivity index (χ1) is 6.19. The summed E-state index contributed by atoms with van der Waals surface area (Å²) in [5, 5.41) is 18.0. The van der Waals surface area contributed by atoms with Gasteiger partial charge in [-0.05, 0) is 17.6 Å². The first kappa shape index (κ1) is 9.62. The largest absolute Gasteiger partial charge is 0.495 e. The standard InChI is InChI=1S/C9H10BNO2/c1-10(12)8-3-4-9(13-2)7(5-8)6-11/h3-5,12H,1-2H3. The molecule has 3 nitrogen and oxygen atoms in total. The van der Waals surface area contributed by atoms with Gasteiger partial charge in [-0.1, -0.05) is 12.9 Å². The molecule has 0 heterocycles. The van der Waals surface area contributed by atoms with Gasteiger partial charge in [0.1, 0.15) is 11.8 Å². The van der Waals surface area contributed by atoms with Gasteiger partial charge in [0.05, 0.1) is 12.7 Å². The van der Waals surface area contributed by atoms with Crippen LogP contribution in [0.3, 0.4) is 0 Å². The Kier molecular flexibility index (Phi) is 2.94. The maximum atomic E-state index is 9.26. The van der Waals surface area contributed by atoms with Crippen LogP contribution in [0.1, 0.15) is 5.56 Å². The maximum absolute atomic E-state index is 9.26. The minimum atomic E-state index is -0.557. The van der Waals surface area contributed by atoms with Crippen LogP contribution >= 0.6 is 0 Å². The van der Waals surface area contributed by atoms with Crippen molar-refractivity contribution in [1.82, 2.24) is 0 Å². The van der Waals surface area contributed by atoms with Gasteiger partial charge >= 0.3 is 6.92 Å². The molecule has 0 atom stereocenters. The van der Waals surface area contributed by atoms with Crippen LogP contribution in [-0.4, -0.2) is 19.0 Å². The smallest absolute Gasteiger partial charge is 0.320 e. The van der Waals surface area contributed by atoms with Crippen LogP contribution in [0, 0.1) is 11.3 Å². The van der Waals surface area contributed by atoms with Crippen molar-refractivity contribution in [2.75, 3.05) is 7.11 Å². The van der Waals surface area contributed by atoms with E-state index in [1.807, 2.05) is 6.07 Å². The summed E-state index contributed by atoms with van der Waals surface area (Å²) in [6, 6.07) is 7.06. The van der Waals surface area contributed by atoms with E-state index in [1.165, 1.54) is 7.11 Å². The third-order valence-electron chi connectivity index (χ3n) is 1.83. The molecule has 0 radical (unpaired) electrons. The van der Waals surface area contributed by atoms with E-state index in [-0.39, 0.29) is 0 Å². The highest BCUT2D eigenvalue weighted by molar-refractivity contribution is 6.64. The average Bonchev–Trinajstić information content (AvgIpc) is 2.16. The molecule has 0 aliphatic carbocycles. The number of nitriles is 1. The van der Waals surface area contributed by atoms with Crippen molar-refractivity contribution < 1.29 is 9.76 Å². The van der Waals surface area contributed by atoms with Gasteiger partial charge < -0.3 is 9.76 Å². The van der Waals surface area contributed by atoms with Gasteiger partial charge in [0.25, 0.3) is 0 Å². The van der Waals surface area contributed by atoms with E-state index in [4.69, 9.17) is 10.00 Å². The van der Waals surface area contributed by atoms with Crippen molar-refractivity contribution in [3.05, 3.63) is 23.8 Å². The molecular formula is C9H10BNO2. The lowest BCUT2D eigenvalue weighted by molar-refractivity contribution is 0.413. The van der Waals surface area contributed by atoms with E-state index in [0.717, 1.165) is 5.46 Å². The third kappa shape index (κ3) is 2.01. The van der Waals surface area contributed by atoms with Crippen LogP contribution in [0.5, 0.6) is 5.75 Å². The van der Waals surface area contributed by atoms with Crippen molar-refractivity contribution in [3.63, 3.8) is 0 Å². The maximum Gasteiger partial charge on any atom is 0.320 e. The summed E-state index contributed by atoms with van der Waals surface area (Å²) >= 11 is 0. The number of ether oxygens (including phenoxy) is 1. The Labute approximate surface area is 77.7 Å². The number of hydrogen-bond donors (Lipinski definition) is 1. The van der Waals surface area contributed by atoms with E-state index in [9.17, 15) is 5.02 Å². The Morgan fingerprint density at radius 2 is 2.23 bits per heavy atom. The molecule has 1 rings (SSSR count). The van der Waals surface area contributed by atoms with Gasteiger partial charge in [0, 0.05) is 0 Å². The molecule has 0 amide bonds. The van der Waals surface area contributed by atoms with Crippen molar-refractivity contribution >= 4 is 12.4 Å². The second-order valence-corrected chi connectivity index (χ2v) is 2.75. The van der Waals surface area contributed by atoms with Crippen LogP contribution in [0.4, 0.5) is 0 Å². The molecule has 0 fully saturated rings. The SMILES string of the molecule is COc1ccc(B(C)O)cc1C#N. The zero-order valence-electron chi connectivity index (χ0n) is 7.61. The van der Waals surface area contributed by atoms with Gasteiger partial charge in [-0.2, -0.15) is 5.26 Å². The number of rotatable bonds is 2. The van der Waals surface area contributed by atoms with E-state index in [2.05, 4.69) is 0 Å². The minimum absolute atomic E-state index is 0.445. The summed E-state index contributed by atoms with van der Waals surface area (Å²) in [7, 11) is 1.51. The van der Waals surface area contributed by atoms with Gasteiger partial charge in [-0.25, -0.2) is 0 Å². The normalized spacial score (nSPS) is 9.08. The summed E-state index contributed by atoms with van der Waals surface area (Å²) in [5.74, 6) is 0.534. The molecule has 1 N–H and O–H groups in total. The summed E-state index contributed by atoms with van der Waals surface area (Å²) in [5.41, 5.74) is 1.17. The van der Waals surface area contributed by atoms with Crippen molar-refractivity contribution in [2.45, 2.75) is 6.82 Å². The van der Waals surface area contributed by atoms with Crippen LogP contribution in [0.15, 0.2) is 18.2 Å². The molecular weight excluding hydrogens is 165 g/mol. The fourth-order valence-electron chi connectivity index (χ4n) is 1.07. The summed E-state index contributed by atoms with van der Waals surface area (Å²) in [6.07, 6.45) is 0. The number of hydrogen-bond acceptors (Lipinski definition) is 3. The molecule has 0 aliphatic heterocycles. The molecule has 0 aliphatic rings.